The van der Waals surface area contributed by atoms with Gasteiger partial charge < -0.3 is 4.57 Å². The summed E-state index contributed by atoms with van der Waals surface area (Å²) in [6.45, 7) is 0. The van der Waals surface area contributed by atoms with Crippen LogP contribution in [0.3, 0.4) is 0 Å². The van der Waals surface area contributed by atoms with Gasteiger partial charge in [0, 0.05) is 6.04 Å². The van der Waals surface area contributed by atoms with Crippen molar-refractivity contribution in [1.82, 2.24) is 24.4 Å². The quantitative estimate of drug-likeness (QED) is 0.511. The summed E-state index contributed by atoms with van der Waals surface area (Å²) in [6.07, 6.45) is 6.19. The predicted molar refractivity (Wildman–Crippen MR) is 98.2 cm³/mol. The van der Waals surface area contributed by atoms with Gasteiger partial charge in [0.2, 0.25) is 5.28 Å². The third-order valence-corrected chi connectivity index (χ3v) is 5.90. The maximum Gasteiger partial charge on any atom is 0.257 e. The van der Waals surface area contributed by atoms with Crippen LogP contribution in [0.2, 0.25) is 5.28 Å². The number of nitrogens with one attached hydrogen (secondary N) is 2. The second kappa shape index (κ2) is 6.82. The van der Waals surface area contributed by atoms with Crippen LogP contribution in [-0.2, 0) is 10.0 Å². The van der Waals surface area contributed by atoms with Gasteiger partial charge in [-0.3, -0.25) is 5.43 Å². The molecule has 0 atom stereocenters. The van der Waals surface area contributed by atoms with E-state index in [0.717, 1.165) is 12.8 Å². The van der Waals surface area contributed by atoms with Gasteiger partial charge >= 0.3 is 0 Å². The van der Waals surface area contributed by atoms with Gasteiger partial charge in [0.15, 0.2) is 17.0 Å². The van der Waals surface area contributed by atoms with Crippen molar-refractivity contribution in [3.05, 3.63) is 41.9 Å². The Hall–Kier alpha value is -2.23. The minimum atomic E-state index is -3.75. The average Bonchev–Trinajstić information content (AvgIpc) is 3.29. The molecule has 0 bridgehead atoms. The van der Waals surface area contributed by atoms with Gasteiger partial charge in [-0.2, -0.15) is 9.97 Å². The van der Waals surface area contributed by atoms with Gasteiger partial charge in [-0.05, 0) is 36.6 Å². The molecule has 0 aliphatic heterocycles. The van der Waals surface area contributed by atoms with Gasteiger partial charge in [0.1, 0.15) is 0 Å². The molecular formula is C16H17ClN6O2S. The zero-order chi connectivity index (χ0) is 18.1. The van der Waals surface area contributed by atoms with Crippen molar-refractivity contribution in [3.8, 4) is 0 Å². The van der Waals surface area contributed by atoms with E-state index in [9.17, 15) is 8.42 Å². The number of hydrogen-bond acceptors (Lipinski definition) is 6. The Morgan fingerprint density at radius 2 is 1.85 bits per heavy atom. The zero-order valence-corrected chi connectivity index (χ0v) is 15.3. The van der Waals surface area contributed by atoms with Gasteiger partial charge in [-0.15, -0.1) is 4.83 Å². The minimum Gasteiger partial charge on any atom is -0.312 e. The number of aromatic nitrogens is 4. The summed E-state index contributed by atoms with van der Waals surface area (Å²) in [4.78, 5) is 15.2. The smallest absolute Gasteiger partial charge is 0.257 e. The molecule has 1 saturated carbocycles. The lowest BCUT2D eigenvalue weighted by Gasteiger charge is -2.12. The van der Waals surface area contributed by atoms with E-state index in [2.05, 4.69) is 25.2 Å². The second-order valence-electron chi connectivity index (χ2n) is 6.15. The van der Waals surface area contributed by atoms with E-state index < -0.39 is 10.0 Å². The molecule has 26 heavy (non-hydrogen) atoms. The van der Waals surface area contributed by atoms with Crippen LogP contribution in [0.15, 0.2) is 41.6 Å². The van der Waals surface area contributed by atoms with Crippen LogP contribution in [-0.4, -0.2) is 27.9 Å². The highest BCUT2D eigenvalue weighted by molar-refractivity contribution is 7.89. The van der Waals surface area contributed by atoms with Crippen molar-refractivity contribution in [2.24, 2.45) is 0 Å². The van der Waals surface area contributed by atoms with E-state index >= 15 is 0 Å². The average molecular weight is 393 g/mol. The monoisotopic (exact) mass is 392 g/mol. The number of halogens is 1. The van der Waals surface area contributed by atoms with Crippen molar-refractivity contribution >= 4 is 38.6 Å². The van der Waals surface area contributed by atoms with Gasteiger partial charge in [-0.1, -0.05) is 31.0 Å². The highest BCUT2D eigenvalue weighted by atomic mass is 35.5. The van der Waals surface area contributed by atoms with E-state index in [-0.39, 0.29) is 16.0 Å². The largest absolute Gasteiger partial charge is 0.312 e. The molecule has 0 unspecified atom stereocenters. The number of rotatable bonds is 5. The molecule has 2 aromatic heterocycles. The molecule has 8 nitrogen and oxygen atoms in total. The summed E-state index contributed by atoms with van der Waals surface area (Å²) in [5.41, 5.74) is 3.69. The van der Waals surface area contributed by atoms with Gasteiger partial charge in [-0.25, -0.2) is 13.4 Å². The van der Waals surface area contributed by atoms with Crippen molar-refractivity contribution in [1.29, 1.82) is 0 Å². The molecular weight excluding hydrogens is 376 g/mol. The molecule has 1 aliphatic carbocycles. The lowest BCUT2D eigenvalue weighted by Crippen LogP contribution is -2.30. The minimum absolute atomic E-state index is 0.0265. The molecule has 0 radical (unpaired) electrons. The van der Waals surface area contributed by atoms with E-state index in [4.69, 9.17) is 11.6 Å². The Bertz CT molecular complexity index is 1030. The number of sulfonamides is 1. The van der Waals surface area contributed by atoms with Crippen molar-refractivity contribution in [2.45, 2.75) is 36.6 Å². The number of imidazole rings is 1. The first-order chi connectivity index (χ1) is 12.5. The molecule has 4 rings (SSSR count). The molecule has 1 aromatic carbocycles. The predicted octanol–water partition coefficient (Wildman–Crippen LogP) is 2.90. The maximum atomic E-state index is 12.4. The maximum absolute atomic E-state index is 12.4. The second-order valence-corrected chi connectivity index (χ2v) is 8.17. The Morgan fingerprint density at radius 1 is 1.12 bits per heavy atom. The Morgan fingerprint density at radius 3 is 2.58 bits per heavy atom. The van der Waals surface area contributed by atoms with Gasteiger partial charge in [0.05, 0.1) is 11.2 Å². The third kappa shape index (κ3) is 3.25. The van der Waals surface area contributed by atoms with E-state index in [0.29, 0.717) is 17.2 Å². The molecule has 2 heterocycles. The summed E-state index contributed by atoms with van der Waals surface area (Å²) in [6, 6.07) is 8.38. The summed E-state index contributed by atoms with van der Waals surface area (Å²) in [5.74, 6) is 0.219. The highest BCUT2D eigenvalue weighted by Crippen LogP contribution is 2.32. The highest BCUT2D eigenvalue weighted by Gasteiger charge is 2.22. The number of fused-ring (bicyclic) bond motifs is 1. The number of anilines is 1. The molecule has 2 N–H and O–H groups in total. The Balaban J connectivity index is 1.64. The summed E-state index contributed by atoms with van der Waals surface area (Å²) in [7, 11) is -3.75. The molecule has 0 saturated heterocycles. The van der Waals surface area contributed by atoms with Crippen LogP contribution in [0.1, 0.15) is 31.7 Å². The van der Waals surface area contributed by atoms with E-state index in [1.165, 1.54) is 25.0 Å². The summed E-state index contributed by atoms with van der Waals surface area (Å²) >= 11 is 6.05. The summed E-state index contributed by atoms with van der Waals surface area (Å²) in [5, 5.41) is 0.0265. The lowest BCUT2D eigenvalue weighted by molar-refractivity contribution is 0.529. The van der Waals surface area contributed by atoms with Crippen LogP contribution in [0.5, 0.6) is 0 Å². The first kappa shape index (κ1) is 17.2. The molecule has 3 aromatic rings. The molecule has 0 amide bonds. The van der Waals surface area contributed by atoms with Crippen LogP contribution < -0.4 is 10.3 Å². The van der Waals surface area contributed by atoms with Crippen molar-refractivity contribution in [2.75, 3.05) is 5.43 Å². The number of benzene rings is 1. The summed E-state index contributed by atoms with van der Waals surface area (Å²) < 4.78 is 26.7. The fourth-order valence-corrected chi connectivity index (χ4v) is 4.23. The molecule has 1 aliphatic rings. The number of hydrazine groups is 1. The Kier molecular flexibility index (Phi) is 4.51. The standard InChI is InChI=1S/C16H17ClN6O2S/c17-16-19-14(21-22-26(24,25)12-8-2-1-3-9-12)13-15(20-16)23(10-18-13)11-6-4-5-7-11/h1-3,8-11,22H,4-7H2,(H,19,20,21). The van der Waals surface area contributed by atoms with Crippen LogP contribution in [0.4, 0.5) is 5.82 Å². The zero-order valence-electron chi connectivity index (χ0n) is 13.8. The van der Waals surface area contributed by atoms with E-state index in [1.54, 1.807) is 24.5 Å². The molecule has 0 spiro atoms. The first-order valence-corrected chi connectivity index (χ1v) is 10.1. The topological polar surface area (TPSA) is 102 Å². The Labute approximate surface area is 155 Å². The number of nitrogens with zero attached hydrogens (tertiary/aromatic N) is 4. The fourth-order valence-electron chi connectivity index (χ4n) is 3.20. The third-order valence-electron chi connectivity index (χ3n) is 4.47. The van der Waals surface area contributed by atoms with Gasteiger partial charge in [0.25, 0.3) is 10.0 Å². The lowest BCUT2D eigenvalue weighted by atomic mass is 10.2. The fraction of sp³-hybridized carbons (Fsp3) is 0.312. The van der Waals surface area contributed by atoms with Crippen molar-refractivity contribution < 1.29 is 8.42 Å². The van der Waals surface area contributed by atoms with Crippen LogP contribution in [0, 0.1) is 0 Å². The van der Waals surface area contributed by atoms with E-state index in [1.807, 2.05) is 4.57 Å². The van der Waals surface area contributed by atoms with Crippen LogP contribution in [0.25, 0.3) is 11.2 Å². The van der Waals surface area contributed by atoms with Crippen LogP contribution >= 0.6 is 11.6 Å². The molecule has 136 valence electrons. The normalized spacial score (nSPS) is 15.6. The number of hydrogen-bond donors (Lipinski definition) is 2. The molecule has 10 heteroatoms. The molecule has 1 fully saturated rings. The SMILES string of the molecule is O=S(=O)(NNc1nc(Cl)nc2c1ncn2C1CCCC1)c1ccccc1. The van der Waals surface area contributed by atoms with Crippen molar-refractivity contribution in [3.63, 3.8) is 0 Å². The first-order valence-electron chi connectivity index (χ1n) is 8.27.